The quantitative estimate of drug-likeness (QED) is 0.854. The maximum Gasteiger partial charge on any atom is 0.339 e. The zero-order valence-corrected chi connectivity index (χ0v) is 14.8. The van der Waals surface area contributed by atoms with Gasteiger partial charge in [-0.25, -0.2) is 4.79 Å². The van der Waals surface area contributed by atoms with Crippen LogP contribution in [0.25, 0.3) is 0 Å². The summed E-state index contributed by atoms with van der Waals surface area (Å²) in [5.74, 6) is -0.772. The summed E-state index contributed by atoms with van der Waals surface area (Å²) in [6.07, 6.45) is -0.466. The minimum atomic E-state index is -1.27. The van der Waals surface area contributed by atoms with E-state index < -0.39 is 34.3 Å². The summed E-state index contributed by atoms with van der Waals surface area (Å²) in [4.78, 5) is 37.5. The van der Waals surface area contributed by atoms with Crippen molar-refractivity contribution in [2.24, 2.45) is 11.3 Å². The fraction of sp³-hybridized carbons (Fsp3) is 0.632. The third-order valence-corrected chi connectivity index (χ3v) is 6.02. The second-order valence-electron chi connectivity index (χ2n) is 8.24. The summed E-state index contributed by atoms with van der Waals surface area (Å²) >= 11 is 0. The average molecular weight is 332 g/mol. The highest BCUT2D eigenvalue weighted by atomic mass is 16.4. The van der Waals surface area contributed by atoms with Gasteiger partial charge in [0, 0.05) is 28.7 Å². The number of hydrogen-bond acceptors (Lipinski definition) is 5. The van der Waals surface area contributed by atoms with E-state index in [0.29, 0.717) is 24.2 Å². The van der Waals surface area contributed by atoms with Gasteiger partial charge < -0.3 is 9.52 Å². The van der Waals surface area contributed by atoms with Crippen LogP contribution >= 0.6 is 0 Å². The van der Waals surface area contributed by atoms with Crippen molar-refractivity contribution in [1.82, 2.24) is 0 Å². The Kier molecular flexibility index (Phi) is 3.65. The van der Waals surface area contributed by atoms with Gasteiger partial charge in [-0.1, -0.05) is 34.6 Å². The van der Waals surface area contributed by atoms with Crippen LogP contribution < -0.4 is 5.63 Å². The highest BCUT2D eigenvalue weighted by molar-refractivity contribution is 6.03. The average Bonchev–Trinajstić information content (AvgIpc) is 2.48. The van der Waals surface area contributed by atoms with Gasteiger partial charge in [-0.2, -0.15) is 0 Å². The molecule has 5 heteroatoms. The molecule has 0 aromatic carbocycles. The first-order chi connectivity index (χ1) is 11.0. The van der Waals surface area contributed by atoms with E-state index in [1.54, 1.807) is 19.9 Å². The molecule has 3 atom stereocenters. The van der Waals surface area contributed by atoms with Crippen LogP contribution in [0.2, 0.25) is 0 Å². The predicted molar refractivity (Wildman–Crippen MR) is 88.3 cm³/mol. The van der Waals surface area contributed by atoms with Gasteiger partial charge in [0.05, 0.1) is 5.56 Å². The van der Waals surface area contributed by atoms with E-state index in [2.05, 4.69) is 0 Å². The molecule has 2 aliphatic carbocycles. The number of Topliss-reactive ketones (excluding diaryl/α,β-unsaturated/α-hetero) is 2. The largest absolute Gasteiger partial charge is 0.426 e. The molecule has 5 nitrogen and oxygen atoms in total. The number of hydrogen-bond donors (Lipinski definition) is 1. The van der Waals surface area contributed by atoms with Crippen LogP contribution in [0.5, 0.6) is 0 Å². The molecule has 1 heterocycles. The molecule has 1 N–H and O–H groups in total. The Balaban J connectivity index is 2.30. The van der Waals surface area contributed by atoms with Crippen LogP contribution in [-0.4, -0.2) is 22.8 Å². The highest BCUT2D eigenvalue weighted by Crippen LogP contribution is 2.55. The van der Waals surface area contributed by atoms with E-state index in [9.17, 15) is 19.5 Å². The molecule has 1 aromatic rings. The lowest BCUT2D eigenvalue weighted by Crippen LogP contribution is -2.60. The Bertz CT molecular complexity index is 785. The van der Waals surface area contributed by atoms with Crippen molar-refractivity contribution in [3.63, 3.8) is 0 Å². The molecule has 1 saturated carbocycles. The molecule has 0 bridgehead atoms. The Morgan fingerprint density at radius 3 is 2.42 bits per heavy atom. The second-order valence-corrected chi connectivity index (χ2v) is 8.24. The van der Waals surface area contributed by atoms with E-state index in [-0.39, 0.29) is 17.3 Å². The van der Waals surface area contributed by atoms with Crippen LogP contribution in [-0.2, 0) is 10.2 Å². The Labute approximate surface area is 141 Å². The zero-order chi connectivity index (χ0) is 18.0. The lowest BCUT2D eigenvalue weighted by Gasteiger charge is -2.52. The Morgan fingerprint density at radius 1 is 1.21 bits per heavy atom. The van der Waals surface area contributed by atoms with Gasteiger partial charge in [-0.3, -0.25) is 9.59 Å². The summed E-state index contributed by atoms with van der Waals surface area (Å²) in [6.45, 7) is 9.13. The standard InChI is InChI=1S/C19H24O5/c1-9(2)10-8-11-13(21)14(22)15-18(3,4)12(20)6-7-19(15,5)16(11)24-17(10)23/h8-9,14-15,22H,6-7H2,1-5H3/t14-,15-,19-/m0/s1. The summed E-state index contributed by atoms with van der Waals surface area (Å²) in [6, 6.07) is 1.57. The summed E-state index contributed by atoms with van der Waals surface area (Å²) in [5, 5.41) is 10.7. The molecule has 24 heavy (non-hydrogen) atoms. The number of aliphatic hydroxyl groups is 1. The molecule has 2 aliphatic rings. The van der Waals surface area contributed by atoms with Crippen LogP contribution in [0.3, 0.4) is 0 Å². The molecule has 0 aliphatic heterocycles. The van der Waals surface area contributed by atoms with Crippen molar-refractivity contribution < 1.29 is 19.1 Å². The van der Waals surface area contributed by atoms with E-state index in [1.807, 2.05) is 20.8 Å². The molecule has 0 amide bonds. The number of ketones is 2. The molecule has 1 fully saturated rings. The molecule has 1 aromatic heterocycles. The van der Waals surface area contributed by atoms with E-state index >= 15 is 0 Å². The van der Waals surface area contributed by atoms with E-state index in [1.165, 1.54) is 0 Å². The number of carbonyl (C=O) groups excluding carboxylic acids is 2. The molecule has 0 radical (unpaired) electrons. The monoisotopic (exact) mass is 332 g/mol. The lowest BCUT2D eigenvalue weighted by molar-refractivity contribution is -0.142. The normalized spacial score (nSPS) is 31.8. The number of fused-ring (bicyclic) bond motifs is 3. The summed E-state index contributed by atoms with van der Waals surface area (Å²) < 4.78 is 5.61. The van der Waals surface area contributed by atoms with E-state index in [0.717, 1.165) is 0 Å². The Morgan fingerprint density at radius 2 is 1.83 bits per heavy atom. The lowest BCUT2D eigenvalue weighted by atomic mass is 9.50. The molecule has 3 rings (SSSR count). The van der Waals surface area contributed by atoms with Gasteiger partial charge in [-0.05, 0) is 18.4 Å². The summed E-state index contributed by atoms with van der Waals surface area (Å²) in [7, 11) is 0. The van der Waals surface area contributed by atoms with Crippen molar-refractivity contribution in [1.29, 1.82) is 0 Å². The molecule has 130 valence electrons. The van der Waals surface area contributed by atoms with Crippen LogP contribution in [0, 0.1) is 11.3 Å². The van der Waals surface area contributed by atoms with Crippen molar-refractivity contribution in [3.8, 4) is 0 Å². The van der Waals surface area contributed by atoms with Gasteiger partial charge in [0.2, 0.25) is 0 Å². The second kappa shape index (κ2) is 5.12. The topological polar surface area (TPSA) is 84.6 Å². The first-order valence-electron chi connectivity index (χ1n) is 8.46. The maximum atomic E-state index is 12.8. The fourth-order valence-corrected chi connectivity index (χ4v) is 4.63. The van der Waals surface area contributed by atoms with Crippen LogP contribution in [0.4, 0.5) is 0 Å². The van der Waals surface area contributed by atoms with E-state index in [4.69, 9.17) is 4.42 Å². The van der Waals surface area contributed by atoms with Gasteiger partial charge in [0.1, 0.15) is 17.6 Å². The molecular weight excluding hydrogens is 308 g/mol. The van der Waals surface area contributed by atoms with Crippen molar-refractivity contribution in [2.75, 3.05) is 0 Å². The number of rotatable bonds is 1. The van der Waals surface area contributed by atoms with Crippen LogP contribution in [0.15, 0.2) is 15.3 Å². The minimum Gasteiger partial charge on any atom is -0.426 e. The first kappa shape index (κ1) is 17.1. The zero-order valence-electron chi connectivity index (χ0n) is 14.8. The maximum absolute atomic E-state index is 12.8. The number of carbonyl (C=O) groups is 2. The predicted octanol–water partition coefficient (Wildman–Crippen LogP) is 2.58. The Hall–Kier alpha value is -1.75. The SMILES string of the molecule is CC(C)c1cc2c(oc1=O)[C@@]1(C)CCC(=O)C(C)(C)[C@@H]1[C@@H](O)C2=O. The van der Waals surface area contributed by atoms with Gasteiger partial charge >= 0.3 is 5.63 Å². The van der Waals surface area contributed by atoms with Gasteiger partial charge in [-0.15, -0.1) is 0 Å². The number of aliphatic hydroxyl groups excluding tert-OH is 1. The van der Waals surface area contributed by atoms with Crippen LogP contribution in [0.1, 0.15) is 75.1 Å². The van der Waals surface area contributed by atoms with Gasteiger partial charge in [0.15, 0.2) is 5.78 Å². The van der Waals surface area contributed by atoms with Crippen molar-refractivity contribution in [2.45, 2.75) is 64.9 Å². The molecule has 0 saturated heterocycles. The third kappa shape index (κ3) is 2.07. The molecule has 0 spiro atoms. The molecule has 0 unspecified atom stereocenters. The van der Waals surface area contributed by atoms with Crippen molar-refractivity contribution >= 4 is 11.6 Å². The fourth-order valence-electron chi connectivity index (χ4n) is 4.63. The van der Waals surface area contributed by atoms with Crippen molar-refractivity contribution in [3.05, 3.63) is 33.4 Å². The minimum absolute atomic E-state index is 0.0291. The first-order valence-corrected chi connectivity index (χ1v) is 8.46. The third-order valence-electron chi connectivity index (χ3n) is 6.02. The molecular formula is C19H24O5. The summed E-state index contributed by atoms with van der Waals surface area (Å²) in [5.41, 5.74) is -1.29. The van der Waals surface area contributed by atoms with Gasteiger partial charge in [0.25, 0.3) is 0 Å². The smallest absolute Gasteiger partial charge is 0.339 e. The highest BCUT2D eigenvalue weighted by Gasteiger charge is 2.61.